The highest BCUT2D eigenvalue weighted by Gasteiger charge is 2.39. The summed E-state index contributed by atoms with van der Waals surface area (Å²) in [5.74, 6) is 3.19. The van der Waals surface area contributed by atoms with Gasteiger partial charge in [-0.05, 0) is 18.8 Å². The van der Waals surface area contributed by atoms with E-state index in [4.69, 9.17) is 10.3 Å². The molecular weight excluding hydrogens is 302 g/mol. The van der Waals surface area contributed by atoms with Crippen molar-refractivity contribution in [2.45, 2.75) is 67.7 Å². The molecule has 2 fully saturated rings. The van der Waals surface area contributed by atoms with Gasteiger partial charge in [0.2, 0.25) is 5.89 Å². The first-order valence-corrected chi connectivity index (χ1v) is 9.87. The van der Waals surface area contributed by atoms with Gasteiger partial charge in [-0.3, -0.25) is 0 Å². The van der Waals surface area contributed by atoms with Crippen LogP contribution >= 0.6 is 23.5 Å². The number of aromatic nitrogens is 2. The molecule has 5 atom stereocenters. The van der Waals surface area contributed by atoms with Crippen LogP contribution in [-0.4, -0.2) is 26.4 Å². The molecule has 21 heavy (non-hydrogen) atoms. The molecule has 6 heteroatoms. The van der Waals surface area contributed by atoms with Crippen molar-refractivity contribution in [2.75, 3.05) is 5.75 Å². The van der Waals surface area contributed by atoms with E-state index in [2.05, 4.69) is 30.9 Å². The molecule has 0 bridgehead atoms. The summed E-state index contributed by atoms with van der Waals surface area (Å²) in [4.78, 5) is 4.69. The summed E-state index contributed by atoms with van der Waals surface area (Å²) < 4.78 is 5.56. The fraction of sp³-hybridized carbons (Fsp3) is 0.867. The molecule has 118 valence electrons. The van der Waals surface area contributed by atoms with E-state index < -0.39 is 5.54 Å². The zero-order valence-electron chi connectivity index (χ0n) is 13.0. The summed E-state index contributed by atoms with van der Waals surface area (Å²) in [6.07, 6.45) is 4.32. The molecule has 0 radical (unpaired) electrons. The van der Waals surface area contributed by atoms with Gasteiger partial charge in [0.25, 0.3) is 0 Å². The molecule has 1 saturated heterocycles. The molecule has 2 heterocycles. The van der Waals surface area contributed by atoms with E-state index in [0.29, 0.717) is 27.6 Å². The molecule has 1 saturated carbocycles. The van der Waals surface area contributed by atoms with Crippen LogP contribution in [0.4, 0.5) is 0 Å². The van der Waals surface area contributed by atoms with Crippen molar-refractivity contribution in [1.29, 1.82) is 0 Å². The van der Waals surface area contributed by atoms with E-state index in [-0.39, 0.29) is 0 Å². The van der Waals surface area contributed by atoms with E-state index in [9.17, 15) is 0 Å². The third-order valence-electron chi connectivity index (χ3n) is 4.74. The molecule has 3 rings (SSSR count). The van der Waals surface area contributed by atoms with Gasteiger partial charge in [0, 0.05) is 16.3 Å². The Morgan fingerprint density at radius 2 is 2.10 bits per heavy atom. The highest BCUT2D eigenvalue weighted by molar-refractivity contribution is 8.07. The summed E-state index contributed by atoms with van der Waals surface area (Å²) in [5, 5.41) is 5.90. The van der Waals surface area contributed by atoms with Crippen LogP contribution in [0.1, 0.15) is 63.4 Å². The second-order valence-corrected chi connectivity index (χ2v) is 9.68. The largest absolute Gasteiger partial charge is 0.337 e. The first kappa shape index (κ1) is 15.7. The number of hydrogen-bond acceptors (Lipinski definition) is 6. The summed E-state index contributed by atoms with van der Waals surface area (Å²) in [6.45, 7) is 6.83. The molecule has 1 aromatic rings. The first-order valence-electron chi connectivity index (χ1n) is 7.88. The Morgan fingerprint density at radius 3 is 2.81 bits per heavy atom. The van der Waals surface area contributed by atoms with E-state index in [1.165, 1.54) is 6.42 Å². The Balaban J connectivity index is 1.74. The molecule has 4 nitrogen and oxygen atoms in total. The fourth-order valence-corrected chi connectivity index (χ4v) is 6.11. The standard InChI is InChI=1S/C15H25N3OS2/c1-9-5-4-6-15(16,7-9)14-17-13(18-19-14)12-8-20-10(2)11(3)21-12/h9-12H,4-8,16H2,1-3H3. The van der Waals surface area contributed by atoms with Crippen LogP contribution in [0.15, 0.2) is 4.52 Å². The van der Waals surface area contributed by atoms with Gasteiger partial charge < -0.3 is 10.3 Å². The molecular formula is C15H25N3OS2. The minimum absolute atomic E-state index is 0.336. The lowest BCUT2D eigenvalue weighted by atomic mass is 9.77. The van der Waals surface area contributed by atoms with Crippen molar-refractivity contribution in [3.05, 3.63) is 11.7 Å². The average Bonchev–Trinajstić information content (AvgIpc) is 2.92. The predicted molar refractivity (Wildman–Crippen MR) is 89.5 cm³/mol. The van der Waals surface area contributed by atoms with Crippen LogP contribution in [0.5, 0.6) is 0 Å². The molecule has 1 aliphatic carbocycles. The Hall–Kier alpha value is -0.200. The third kappa shape index (κ3) is 3.27. The normalized spacial score (nSPS) is 41.1. The lowest BCUT2D eigenvalue weighted by Gasteiger charge is -2.33. The number of nitrogens with two attached hydrogens (primary N) is 1. The minimum Gasteiger partial charge on any atom is -0.337 e. The fourth-order valence-electron chi connectivity index (χ4n) is 3.27. The monoisotopic (exact) mass is 327 g/mol. The summed E-state index contributed by atoms with van der Waals surface area (Å²) >= 11 is 3.96. The summed E-state index contributed by atoms with van der Waals surface area (Å²) in [5.41, 5.74) is 6.15. The highest BCUT2D eigenvalue weighted by atomic mass is 32.2. The molecule has 1 aromatic heterocycles. The van der Waals surface area contributed by atoms with E-state index in [1.54, 1.807) is 0 Å². The van der Waals surface area contributed by atoms with Crippen molar-refractivity contribution >= 4 is 23.5 Å². The zero-order chi connectivity index (χ0) is 15.0. The number of nitrogens with zero attached hydrogens (tertiary/aromatic N) is 2. The van der Waals surface area contributed by atoms with Crippen molar-refractivity contribution in [2.24, 2.45) is 11.7 Å². The van der Waals surface area contributed by atoms with Crippen LogP contribution in [-0.2, 0) is 5.54 Å². The number of hydrogen-bond donors (Lipinski definition) is 1. The molecule has 2 N–H and O–H groups in total. The molecule has 5 unspecified atom stereocenters. The van der Waals surface area contributed by atoms with Crippen LogP contribution < -0.4 is 5.73 Å². The maximum Gasteiger partial charge on any atom is 0.246 e. The third-order valence-corrected chi connectivity index (χ3v) is 8.13. The van der Waals surface area contributed by atoms with Crippen molar-refractivity contribution in [1.82, 2.24) is 10.1 Å². The highest BCUT2D eigenvalue weighted by Crippen LogP contribution is 2.44. The van der Waals surface area contributed by atoms with Crippen LogP contribution in [0.3, 0.4) is 0 Å². The molecule has 2 aliphatic rings. The zero-order valence-corrected chi connectivity index (χ0v) is 14.7. The van der Waals surface area contributed by atoms with Crippen LogP contribution in [0, 0.1) is 5.92 Å². The Bertz CT molecular complexity index is 495. The van der Waals surface area contributed by atoms with E-state index in [0.717, 1.165) is 30.8 Å². The van der Waals surface area contributed by atoms with Gasteiger partial charge in [-0.15, -0.1) is 11.8 Å². The maximum absolute atomic E-state index is 6.55. The van der Waals surface area contributed by atoms with Gasteiger partial charge >= 0.3 is 0 Å². The van der Waals surface area contributed by atoms with Crippen molar-refractivity contribution in [3.63, 3.8) is 0 Å². The van der Waals surface area contributed by atoms with Gasteiger partial charge in [0.1, 0.15) is 0 Å². The quantitative estimate of drug-likeness (QED) is 0.893. The van der Waals surface area contributed by atoms with Crippen molar-refractivity contribution in [3.8, 4) is 0 Å². The Labute approximate surface area is 135 Å². The van der Waals surface area contributed by atoms with E-state index in [1.807, 2.05) is 23.5 Å². The molecule has 0 spiro atoms. The summed E-state index contributed by atoms with van der Waals surface area (Å²) in [6, 6.07) is 0. The lowest BCUT2D eigenvalue weighted by molar-refractivity contribution is 0.183. The maximum atomic E-state index is 6.55. The molecule has 0 amide bonds. The Morgan fingerprint density at radius 1 is 1.29 bits per heavy atom. The average molecular weight is 328 g/mol. The smallest absolute Gasteiger partial charge is 0.246 e. The summed E-state index contributed by atoms with van der Waals surface area (Å²) in [7, 11) is 0. The minimum atomic E-state index is -0.408. The van der Waals surface area contributed by atoms with Gasteiger partial charge in [0.05, 0.1) is 10.8 Å². The second kappa shape index (κ2) is 6.13. The van der Waals surface area contributed by atoms with E-state index >= 15 is 0 Å². The number of thioether (sulfide) groups is 2. The van der Waals surface area contributed by atoms with Gasteiger partial charge in [-0.2, -0.15) is 16.7 Å². The second-order valence-electron chi connectivity index (χ2n) is 6.68. The van der Waals surface area contributed by atoms with Crippen LogP contribution in [0.2, 0.25) is 0 Å². The van der Waals surface area contributed by atoms with Crippen molar-refractivity contribution < 1.29 is 4.52 Å². The molecule has 0 aromatic carbocycles. The van der Waals surface area contributed by atoms with Gasteiger partial charge in [-0.25, -0.2) is 0 Å². The van der Waals surface area contributed by atoms with Gasteiger partial charge in [-0.1, -0.05) is 38.8 Å². The molecule has 1 aliphatic heterocycles. The Kier molecular flexibility index (Phi) is 4.58. The SMILES string of the molecule is CC1CCCC(N)(c2nc(C3CSC(C)C(C)S3)no2)C1. The number of rotatable bonds is 2. The topological polar surface area (TPSA) is 64.9 Å². The van der Waals surface area contributed by atoms with Gasteiger partial charge in [0.15, 0.2) is 5.82 Å². The first-order chi connectivity index (χ1) is 9.98. The lowest BCUT2D eigenvalue weighted by Crippen LogP contribution is -2.41. The predicted octanol–water partition coefficient (Wildman–Crippen LogP) is 3.73. The van der Waals surface area contributed by atoms with Crippen LogP contribution in [0.25, 0.3) is 0 Å².